The summed E-state index contributed by atoms with van der Waals surface area (Å²) in [6, 6.07) is 9.57. The summed E-state index contributed by atoms with van der Waals surface area (Å²) in [6.07, 6.45) is 3.68. The van der Waals surface area contributed by atoms with E-state index in [2.05, 4.69) is 0 Å². The van der Waals surface area contributed by atoms with E-state index < -0.39 is 11.4 Å². The van der Waals surface area contributed by atoms with Gasteiger partial charge in [-0.1, -0.05) is 43.2 Å². The lowest BCUT2D eigenvalue weighted by Gasteiger charge is -2.20. The van der Waals surface area contributed by atoms with Crippen LogP contribution in [-0.2, 0) is 14.3 Å². The molecule has 2 aromatic rings. The summed E-state index contributed by atoms with van der Waals surface area (Å²) in [4.78, 5) is 41.2. The standard InChI is InChI=1S/C22H23NO4S/c1-3-27-20(25)18-17(15-9-5-4-6-10-15)14(2)28-19(18)23-16(24)13-22(21(23)26)11-7-8-12-22/h4-6,9-10H,3,7-8,11-13H2,1-2H3. The van der Waals surface area contributed by atoms with Gasteiger partial charge in [0.15, 0.2) is 0 Å². The van der Waals surface area contributed by atoms with Crippen LogP contribution in [0.25, 0.3) is 11.1 Å². The molecule has 1 saturated heterocycles. The topological polar surface area (TPSA) is 63.7 Å². The van der Waals surface area contributed by atoms with Crippen LogP contribution in [0.3, 0.4) is 0 Å². The third-order valence-corrected chi connectivity index (χ3v) is 6.86. The molecule has 0 N–H and O–H groups in total. The first-order chi connectivity index (χ1) is 13.5. The first-order valence-electron chi connectivity index (χ1n) is 9.72. The predicted molar refractivity (Wildman–Crippen MR) is 108 cm³/mol. The van der Waals surface area contributed by atoms with Crippen LogP contribution in [0.4, 0.5) is 5.00 Å². The van der Waals surface area contributed by atoms with E-state index in [0.29, 0.717) is 10.6 Å². The number of anilines is 1. The Morgan fingerprint density at radius 3 is 2.50 bits per heavy atom. The number of carbonyl (C=O) groups is 3. The maximum Gasteiger partial charge on any atom is 0.341 e. The van der Waals surface area contributed by atoms with E-state index >= 15 is 0 Å². The van der Waals surface area contributed by atoms with Crippen LogP contribution in [0, 0.1) is 12.3 Å². The zero-order valence-electron chi connectivity index (χ0n) is 16.1. The Morgan fingerprint density at radius 1 is 1.18 bits per heavy atom. The van der Waals surface area contributed by atoms with Crippen molar-refractivity contribution in [3.05, 3.63) is 40.8 Å². The molecule has 1 aliphatic heterocycles. The van der Waals surface area contributed by atoms with Gasteiger partial charge >= 0.3 is 5.97 Å². The number of thiophene rings is 1. The molecule has 0 bridgehead atoms. The predicted octanol–water partition coefficient (Wildman–Crippen LogP) is 4.72. The number of carbonyl (C=O) groups excluding carboxylic acids is 3. The lowest BCUT2D eigenvalue weighted by molar-refractivity contribution is -0.125. The first-order valence-corrected chi connectivity index (χ1v) is 10.5. The van der Waals surface area contributed by atoms with Gasteiger partial charge in [-0.2, -0.15) is 0 Å². The van der Waals surface area contributed by atoms with Gasteiger partial charge in [-0.25, -0.2) is 9.69 Å². The molecular weight excluding hydrogens is 374 g/mol. The molecule has 1 aromatic heterocycles. The Hall–Kier alpha value is -2.47. The number of amides is 2. The molecule has 2 amide bonds. The van der Waals surface area contributed by atoms with Crippen molar-refractivity contribution in [3.8, 4) is 11.1 Å². The van der Waals surface area contributed by atoms with Crippen LogP contribution < -0.4 is 4.90 Å². The highest BCUT2D eigenvalue weighted by Gasteiger charge is 2.54. The molecule has 146 valence electrons. The Bertz CT molecular complexity index is 941. The van der Waals surface area contributed by atoms with Crippen molar-refractivity contribution in [3.63, 3.8) is 0 Å². The van der Waals surface area contributed by atoms with E-state index in [1.165, 1.54) is 16.2 Å². The van der Waals surface area contributed by atoms with E-state index in [4.69, 9.17) is 4.74 Å². The number of hydrogen-bond acceptors (Lipinski definition) is 5. The minimum absolute atomic E-state index is 0.151. The number of hydrogen-bond donors (Lipinski definition) is 0. The van der Waals surface area contributed by atoms with Gasteiger partial charge in [-0.3, -0.25) is 9.59 Å². The molecule has 28 heavy (non-hydrogen) atoms. The van der Waals surface area contributed by atoms with Gasteiger partial charge < -0.3 is 4.74 Å². The summed E-state index contributed by atoms with van der Waals surface area (Å²) in [5.41, 5.74) is 1.37. The van der Waals surface area contributed by atoms with Gasteiger partial charge in [0, 0.05) is 16.9 Å². The van der Waals surface area contributed by atoms with Gasteiger partial charge in [0.1, 0.15) is 10.6 Å². The zero-order valence-corrected chi connectivity index (χ0v) is 16.9. The normalized spacial score (nSPS) is 18.3. The molecule has 1 aliphatic carbocycles. The molecule has 0 atom stereocenters. The Morgan fingerprint density at radius 2 is 1.86 bits per heavy atom. The molecular formula is C22H23NO4S. The highest BCUT2D eigenvalue weighted by atomic mass is 32.1. The van der Waals surface area contributed by atoms with Crippen molar-refractivity contribution in [2.24, 2.45) is 5.41 Å². The SMILES string of the molecule is CCOC(=O)c1c(N2C(=O)CC3(CCCC3)C2=O)sc(C)c1-c1ccccc1. The highest BCUT2D eigenvalue weighted by molar-refractivity contribution is 7.17. The molecule has 5 nitrogen and oxygen atoms in total. The lowest BCUT2D eigenvalue weighted by Crippen LogP contribution is -2.34. The van der Waals surface area contributed by atoms with Crippen LogP contribution in [-0.4, -0.2) is 24.4 Å². The van der Waals surface area contributed by atoms with Crippen molar-refractivity contribution in [1.82, 2.24) is 0 Å². The minimum atomic E-state index is -0.576. The van der Waals surface area contributed by atoms with Crippen molar-refractivity contribution >= 4 is 34.1 Å². The molecule has 6 heteroatoms. The number of rotatable bonds is 4. The maximum absolute atomic E-state index is 13.3. The lowest BCUT2D eigenvalue weighted by atomic mass is 9.84. The fourth-order valence-corrected chi connectivity index (χ4v) is 5.65. The number of aryl methyl sites for hydroxylation is 1. The smallest absolute Gasteiger partial charge is 0.341 e. The summed E-state index contributed by atoms with van der Waals surface area (Å²) in [5, 5.41) is 0.411. The summed E-state index contributed by atoms with van der Waals surface area (Å²) in [7, 11) is 0. The second-order valence-electron chi connectivity index (χ2n) is 7.50. The maximum atomic E-state index is 13.3. The van der Waals surface area contributed by atoms with Crippen molar-refractivity contribution in [2.75, 3.05) is 11.5 Å². The van der Waals surface area contributed by atoms with Gasteiger partial charge in [-0.15, -0.1) is 11.3 Å². The van der Waals surface area contributed by atoms with Crippen LogP contribution >= 0.6 is 11.3 Å². The van der Waals surface area contributed by atoms with Crippen LogP contribution in [0.2, 0.25) is 0 Å². The Kier molecular flexibility index (Phi) is 4.83. The summed E-state index contributed by atoms with van der Waals surface area (Å²) >= 11 is 1.32. The fraction of sp³-hybridized carbons (Fsp3) is 0.409. The van der Waals surface area contributed by atoms with E-state index in [1.54, 1.807) is 6.92 Å². The van der Waals surface area contributed by atoms with Crippen LogP contribution in [0.1, 0.15) is 54.3 Å². The Labute approximate surface area is 168 Å². The molecule has 1 spiro atoms. The second kappa shape index (κ2) is 7.17. The number of imide groups is 1. The average molecular weight is 397 g/mol. The number of benzene rings is 1. The molecule has 0 radical (unpaired) electrons. The number of ether oxygens (including phenoxy) is 1. The van der Waals surface area contributed by atoms with Crippen molar-refractivity contribution < 1.29 is 19.1 Å². The van der Waals surface area contributed by atoms with E-state index in [1.807, 2.05) is 37.3 Å². The van der Waals surface area contributed by atoms with Crippen LogP contribution in [0.5, 0.6) is 0 Å². The van der Waals surface area contributed by atoms with E-state index in [9.17, 15) is 14.4 Å². The molecule has 2 aliphatic rings. The highest BCUT2D eigenvalue weighted by Crippen LogP contribution is 2.51. The van der Waals surface area contributed by atoms with Crippen molar-refractivity contribution in [1.29, 1.82) is 0 Å². The number of esters is 1. The molecule has 1 saturated carbocycles. The van der Waals surface area contributed by atoms with Gasteiger partial charge in [-0.05, 0) is 32.3 Å². The summed E-state index contributed by atoms with van der Waals surface area (Å²) < 4.78 is 5.31. The largest absolute Gasteiger partial charge is 0.462 e. The molecule has 4 rings (SSSR count). The first kappa shape index (κ1) is 18.9. The molecule has 0 unspecified atom stereocenters. The van der Waals surface area contributed by atoms with Gasteiger partial charge in [0.25, 0.3) is 0 Å². The monoisotopic (exact) mass is 397 g/mol. The quantitative estimate of drug-likeness (QED) is 0.553. The second-order valence-corrected chi connectivity index (χ2v) is 8.70. The minimum Gasteiger partial charge on any atom is -0.462 e. The third-order valence-electron chi connectivity index (χ3n) is 5.77. The average Bonchev–Trinajstić information content (AvgIpc) is 3.34. The summed E-state index contributed by atoms with van der Waals surface area (Å²) in [5.74, 6) is -0.853. The number of nitrogens with zero attached hydrogens (tertiary/aromatic N) is 1. The zero-order chi connectivity index (χ0) is 19.9. The van der Waals surface area contributed by atoms with Gasteiger partial charge in [0.2, 0.25) is 11.8 Å². The van der Waals surface area contributed by atoms with E-state index in [0.717, 1.165) is 41.7 Å². The summed E-state index contributed by atoms with van der Waals surface area (Å²) in [6.45, 7) is 3.89. The molecule has 1 aromatic carbocycles. The van der Waals surface area contributed by atoms with Crippen LogP contribution in [0.15, 0.2) is 30.3 Å². The Balaban J connectivity index is 1.87. The molecule has 2 heterocycles. The molecule has 2 fully saturated rings. The fourth-order valence-electron chi connectivity index (χ4n) is 4.48. The third kappa shape index (κ3) is 2.87. The van der Waals surface area contributed by atoms with Crippen molar-refractivity contribution in [2.45, 2.75) is 46.0 Å². The van der Waals surface area contributed by atoms with Gasteiger partial charge in [0.05, 0.1) is 12.0 Å². The van der Waals surface area contributed by atoms with E-state index in [-0.39, 0.29) is 24.8 Å².